The van der Waals surface area contributed by atoms with Gasteiger partial charge in [-0.25, -0.2) is 5.10 Å². The Balaban J connectivity index is 2.23. The number of H-pyrrole nitrogens is 1. The predicted molar refractivity (Wildman–Crippen MR) is 75.8 cm³/mol. The summed E-state index contributed by atoms with van der Waals surface area (Å²) in [5, 5.41) is 9.91. The van der Waals surface area contributed by atoms with E-state index in [1.165, 1.54) is 0 Å². The van der Waals surface area contributed by atoms with E-state index >= 15 is 0 Å². The number of fused-ring (bicyclic) bond motifs is 1. The minimum absolute atomic E-state index is 0.0713. The average molecular weight is 275 g/mol. The van der Waals surface area contributed by atoms with Crippen LogP contribution >= 0.6 is 0 Å². The molecule has 0 aliphatic rings. The maximum absolute atomic E-state index is 12.1. The van der Waals surface area contributed by atoms with Gasteiger partial charge in [0.15, 0.2) is 5.69 Å². The normalized spacial score (nSPS) is 12.3. The Morgan fingerprint density at radius 2 is 2.10 bits per heavy atom. The lowest BCUT2D eigenvalue weighted by Gasteiger charge is -2.12. The number of amides is 1. The molecular weight excluding hydrogens is 258 g/mol. The number of aromatic nitrogens is 2. The lowest BCUT2D eigenvalue weighted by molar-refractivity contribution is 0.0693. The summed E-state index contributed by atoms with van der Waals surface area (Å²) in [5.41, 5.74) is -0.0938. The summed E-state index contributed by atoms with van der Waals surface area (Å²) in [5.74, 6) is -0.330. The maximum atomic E-state index is 12.1. The van der Waals surface area contributed by atoms with Crippen molar-refractivity contribution < 1.29 is 9.53 Å². The van der Waals surface area contributed by atoms with Crippen LogP contribution in [0.4, 0.5) is 0 Å². The topological polar surface area (TPSA) is 84.1 Å². The molecule has 0 aliphatic heterocycles. The molecule has 1 heterocycles. The number of carbonyl (C=O) groups is 1. The minimum Gasteiger partial charge on any atom is -0.377 e. The Bertz CT molecular complexity index is 666. The van der Waals surface area contributed by atoms with E-state index in [9.17, 15) is 9.59 Å². The van der Waals surface area contributed by atoms with Crippen LogP contribution < -0.4 is 10.9 Å². The maximum Gasteiger partial charge on any atom is 0.272 e. The largest absolute Gasteiger partial charge is 0.377 e. The number of ether oxygens (including phenoxy) is 1. The fraction of sp³-hybridized carbons (Fsp3) is 0.357. The van der Waals surface area contributed by atoms with Gasteiger partial charge in [-0.3, -0.25) is 9.59 Å². The molecule has 0 fully saturated rings. The molecule has 1 aromatic carbocycles. The van der Waals surface area contributed by atoms with Crippen molar-refractivity contribution in [3.05, 3.63) is 40.3 Å². The van der Waals surface area contributed by atoms with Crippen molar-refractivity contribution in [3.63, 3.8) is 0 Å². The van der Waals surface area contributed by atoms with Crippen LogP contribution in [0, 0.1) is 0 Å². The molecule has 0 radical (unpaired) electrons. The number of rotatable bonds is 5. The van der Waals surface area contributed by atoms with Crippen LogP contribution in [0.2, 0.25) is 0 Å². The third-order valence-electron chi connectivity index (χ3n) is 2.91. The van der Waals surface area contributed by atoms with Crippen molar-refractivity contribution in [2.24, 2.45) is 0 Å². The Kier molecular flexibility index (Phi) is 4.47. The number of nitrogens with zero attached hydrogens (tertiary/aromatic N) is 1. The van der Waals surface area contributed by atoms with Crippen LogP contribution in [0.5, 0.6) is 0 Å². The van der Waals surface area contributed by atoms with Crippen molar-refractivity contribution in [2.45, 2.75) is 20.0 Å². The molecule has 106 valence electrons. The first-order valence-corrected chi connectivity index (χ1v) is 6.50. The van der Waals surface area contributed by atoms with Gasteiger partial charge in [-0.1, -0.05) is 18.2 Å². The second-order valence-electron chi connectivity index (χ2n) is 4.42. The molecule has 1 atom stereocenters. The molecule has 0 saturated heterocycles. The third-order valence-corrected chi connectivity index (χ3v) is 2.91. The highest BCUT2D eigenvalue weighted by atomic mass is 16.5. The summed E-state index contributed by atoms with van der Waals surface area (Å²) in [4.78, 5) is 23.8. The van der Waals surface area contributed by atoms with E-state index < -0.39 is 0 Å². The van der Waals surface area contributed by atoms with Gasteiger partial charge >= 0.3 is 0 Å². The van der Waals surface area contributed by atoms with Gasteiger partial charge in [0.05, 0.1) is 11.5 Å². The Labute approximate surface area is 116 Å². The van der Waals surface area contributed by atoms with Gasteiger partial charge in [-0.05, 0) is 19.9 Å². The molecule has 0 bridgehead atoms. The van der Waals surface area contributed by atoms with E-state index in [4.69, 9.17) is 4.74 Å². The zero-order valence-electron chi connectivity index (χ0n) is 11.5. The highest BCUT2D eigenvalue weighted by Crippen LogP contribution is 2.11. The van der Waals surface area contributed by atoms with Gasteiger partial charge in [0.25, 0.3) is 11.5 Å². The molecule has 1 unspecified atom stereocenters. The molecule has 0 spiro atoms. The number of benzene rings is 1. The fourth-order valence-corrected chi connectivity index (χ4v) is 1.95. The smallest absolute Gasteiger partial charge is 0.272 e. The molecule has 0 aliphatic carbocycles. The predicted octanol–water partition coefficient (Wildman–Crippen LogP) is 1.08. The van der Waals surface area contributed by atoms with Crippen molar-refractivity contribution in [1.29, 1.82) is 0 Å². The van der Waals surface area contributed by atoms with Gasteiger partial charge in [0, 0.05) is 18.5 Å². The summed E-state index contributed by atoms with van der Waals surface area (Å²) >= 11 is 0. The number of carbonyl (C=O) groups excluding carboxylic acids is 1. The van der Waals surface area contributed by atoms with E-state index in [1.54, 1.807) is 24.3 Å². The van der Waals surface area contributed by atoms with Crippen LogP contribution in [-0.2, 0) is 4.74 Å². The molecule has 6 nitrogen and oxygen atoms in total. The first kappa shape index (κ1) is 14.2. The van der Waals surface area contributed by atoms with Gasteiger partial charge in [-0.2, -0.15) is 5.10 Å². The lowest BCUT2D eigenvalue weighted by Crippen LogP contribution is -2.33. The van der Waals surface area contributed by atoms with Crippen LogP contribution in [0.3, 0.4) is 0 Å². The van der Waals surface area contributed by atoms with Crippen molar-refractivity contribution >= 4 is 16.7 Å². The average Bonchev–Trinajstić information content (AvgIpc) is 2.46. The zero-order chi connectivity index (χ0) is 14.5. The van der Waals surface area contributed by atoms with Crippen LogP contribution in [-0.4, -0.2) is 35.4 Å². The Morgan fingerprint density at radius 1 is 1.40 bits per heavy atom. The quantitative estimate of drug-likeness (QED) is 0.855. The van der Waals surface area contributed by atoms with E-state index in [1.807, 2.05) is 13.8 Å². The second kappa shape index (κ2) is 6.29. The van der Waals surface area contributed by atoms with E-state index in [0.29, 0.717) is 23.9 Å². The summed E-state index contributed by atoms with van der Waals surface area (Å²) < 4.78 is 5.34. The molecule has 0 saturated carbocycles. The highest BCUT2D eigenvalue weighted by molar-refractivity contribution is 6.04. The lowest BCUT2D eigenvalue weighted by atomic mass is 10.1. The molecule has 1 amide bonds. The molecule has 1 aromatic heterocycles. The summed E-state index contributed by atoms with van der Waals surface area (Å²) in [6, 6.07) is 6.88. The molecule has 20 heavy (non-hydrogen) atoms. The second-order valence-corrected chi connectivity index (χ2v) is 4.42. The first-order chi connectivity index (χ1) is 9.63. The SMILES string of the molecule is CCOC(C)CNC(=O)c1n[nH]c(=O)c2ccccc12. The zero-order valence-corrected chi connectivity index (χ0v) is 11.5. The highest BCUT2D eigenvalue weighted by Gasteiger charge is 2.14. The molecular formula is C14H17N3O3. The summed E-state index contributed by atoms with van der Waals surface area (Å²) in [6.07, 6.45) is -0.0713. The number of hydrogen-bond donors (Lipinski definition) is 2. The van der Waals surface area contributed by atoms with E-state index in [2.05, 4.69) is 15.5 Å². The number of aromatic amines is 1. The van der Waals surface area contributed by atoms with Gasteiger partial charge in [0.1, 0.15) is 0 Å². The number of nitrogens with one attached hydrogen (secondary N) is 2. The van der Waals surface area contributed by atoms with Crippen LogP contribution in [0.25, 0.3) is 10.8 Å². The van der Waals surface area contributed by atoms with Gasteiger partial charge in [0.2, 0.25) is 0 Å². The van der Waals surface area contributed by atoms with E-state index in [0.717, 1.165) is 0 Å². The standard InChI is InChI=1S/C14H17N3O3/c1-3-20-9(2)8-15-14(19)12-10-6-4-5-7-11(10)13(18)17-16-12/h4-7,9H,3,8H2,1-2H3,(H,15,19)(H,17,18). The molecule has 2 aromatic rings. The van der Waals surface area contributed by atoms with Crippen LogP contribution in [0.1, 0.15) is 24.3 Å². The summed E-state index contributed by atoms with van der Waals surface area (Å²) in [6.45, 7) is 4.76. The number of hydrogen-bond acceptors (Lipinski definition) is 4. The molecule has 6 heteroatoms. The van der Waals surface area contributed by atoms with Crippen molar-refractivity contribution in [1.82, 2.24) is 15.5 Å². The minimum atomic E-state index is -0.330. The third kappa shape index (κ3) is 3.03. The Hall–Kier alpha value is -2.21. The van der Waals surface area contributed by atoms with Crippen molar-refractivity contribution in [3.8, 4) is 0 Å². The van der Waals surface area contributed by atoms with Crippen LogP contribution in [0.15, 0.2) is 29.1 Å². The Morgan fingerprint density at radius 3 is 2.80 bits per heavy atom. The fourth-order valence-electron chi connectivity index (χ4n) is 1.95. The molecule has 2 rings (SSSR count). The first-order valence-electron chi connectivity index (χ1n) is 6.50. The molecule has 2 N–H and O–H groups in total. The van der Waals surface area contributed by atoms with Crippen molar-refractivity contribution in [2.75, 3.05) is 13.2 Å². The summed E-state index contributed by atoms with van der Waals surface area (Å²) in [7, 11) is 0. The van der Waals surface area contributed by atoms with E-state index in [-0.39, 0.29) is 23.3 Å². The van der Waals surface area contributed by atoms with Gasteiger partial charge < -0.3 is 10.1 Å². The van der Waals surface area contributed by atoms with Gasteiger partial charge in [-0.15, -0.1) is 0 Å². The monoisotopic (exact) mass is 275 g/mol.